The third kappa shape index (κ3) is 8.04. The average Bonchev–Trinajstić information content (AvgIpc) is 2.69. The van der Waals surface area contributed by atoms with Gasteiger partial charge in [-0.1, -0.05) is 42.5 Å². The zero-order valence-electron chi connectivity index (χ0n) is 18.1. The van der Waals surface area contributed by atoms with Gasteiger partial charge in [-0.2, -0.15) is 0 Å². The minimum Gasteiger partial charge on any atom is -0.494 e. The molecule has 0 bridgehead atoms. The van der Waals surface area contributed by atoms with E-state index in [2.05, 4.69) is 20.3 Å². The standard InChI is InChI=1S/C22H32N4O3S/c1-5-29-21-9-7-6-8-20(21)15-25-22(23-4)24-14-18-10-12-19(13-11-18)16-30(27,28)26-17(2)3/h6-13,17,26H,5,14-16H2,1-4H3,(H2,23,24,25). The van der Waals surface area contributed by atoms with Gasteiger partial charge < -0.3 is 15.4 Å². The number of benzene rings is 2. The molecule has 8 heteroatoms. The number of hydrogen-bond acceptors (Lipinski definition) is 4. The second-order valence-corrected chi connectivity index (χ2v) is 8.92. The third-order valence-corrected chi connectivity index (χ3v) is 5.74. The summed E-state index contributed by atoms with van der Waals surface area (Å²) in [6.45, 7) is 7.37. The topological polar surface area (TPSA) is 91.8 Å². The number of sulfonamides is 1. The monoisotopic (exact) mass is 432 g/mol. The lowest BCUT2D eigenvalue weighted by Gasteiger charge is -2.14. The Kier molecular flexibility index (Phi) is 9.14. The van der Waals surface area contributed by atoms with Gasteiger partial charge in [-0.25, -0.2) is 13.1 Å². The zero-order chi connectivity index (χ0) is 22.0. The Morgan fingerprint density at radius 3 is 2.27 bits per heavy atom. The molecule has 7 nitrogen and oxygen atoms in total. The van der Waals surface area contributed by atoms with Crippen LogP contribution in [0.15, 0.2) is 53.5 Å². The first-order chi connectivity index (χ1) is 14.3. The normalized spacial score (nSPS) is 12.1. The fourth-order valence-corrected chi connectivity index (χ4v) is 4.34. The summed E-state index contributed by atoms with van der Waals surface area (Å²) in [6.07, 6.45) is 0. The molecule has 0 aromatic heterocycles. The van der Waals surface area contributed by atoms with Gasteiger partial charge in [0.1, 0.15) is 5.75 Å². The highest BCUT2D eigenvalue weighted by atomic mass is 32.2. The molecule has 0 amide bonds. The maximum atomic E-state index is 12.0. The maximum absolute atomic E-state index is 12.0. The number of para-hydroxylation sites is 1. The van der Waals surface area contributed by atoms with E-state index < -0.39 is 10.0 Å². The Morgan fingerprint density at radius 2 is 1.63 bits per heavy atom. The Hall–Kier alpha value is -2.58. The molecule has 2 aromatic carbocycles. The minimum atomic E-state index is -3.32. The molecule has 0 unspecified atom stereocenters. The summed E-state index contributed by atoms with van der Waals surface area (Å²) in [7, 11) is -1.60. The fourth-order valence-electron chi connectivity index (χ4n) is 2.91. The summed E-state index contributed by atoms with van der Waals surface area (Å²) in [4.78, 5) is 4.25. The lowest BCUT2D eigenvalue weighted by atomic mass is 10.1. The Morgan fingerprint density at radius 1 is 1.00 bits per heavy atom. The van der Waals surface area contributed by atoms with E-state index in [9.17, 15) is 8.42 Å². The predicted octanol–water partition coefficient (Wildman–Crippen LogP) is 2.78. The van der Waals surface area contributed by atoms with Crippen molar-refractivity contribution in [3.05, 3.63) is 65.2 Å². The molecule has 0 atom stereocenters. The molecule has 2 rings (SSSR count). The average molecular weight is 433 g/mol. The Labute approximate surface area is 180 Å². The quantitative estimate of drug-likeness (QED) is 0.397. The number of aliphatic imine (C=N–C) groups is 1. The summed E-state index contributed by atoms with van der Waals surface area (Å²) in [5, 5.41) is 6.56. The smallest absolute Gasteiger partial charge is 0.216 e. The van der Waals surface area contributed by atoms with Crippen LogP contribution >= 0.6 is 0 Å². The van der Waals surface area contributed by atoms with Crippen molar-refractivity contribution in [1.29, 1.82) is 0 Å². The predicted molar refractivity (Wildman–Crippen MR) is 122 cm³/mol. The molecule has 164 valence electrons. The molecule has 0 saturated heterocycles. The molecule has 0 spiro atoms. The minimum absolute atomic E-state index is 0.0264. The molecular weight excluding hydrogens is 400 g/mol. The lowest BCUT2D eigenvalue weighted by molar-refractivity contribution is 0.336. The second kappa shape index (κ2) is 11.6. The summed E-state index contributed by atoms with van der Waals surface area (Å²) < 4.78 is 32.3. The van der Waals surface area contributed by atoms with Gasteiger partial charge in [0.15, 0.2) is 5.96 Å². The molecule has 0 saturated carbocycles. The molecule has 0 heterocycles. The van der Waals surface area contributed by atoms with Crippen LogP contribution in [0, 0.1) is 0 Å². The third-order valence-electron chi connectivity index (χ3n) is 4.20. The molecule has 0 aliphatic carbocycles. The molecule has 2 aromatic rings. The van der Waals surface area contributed by atoms with Gasteiger partial charge in [0.05, 0.1) is 12.4 Å². The van der Waals surface area contributed by atoms with E-state index in [0.29, 0.717) is 25.7 Å². The number of guanidine groups is 1. The summed E-state index contributed by atoms with van der Waals surface area (Å²) in [5.41, 5.74) is 2.84. The molecule has 0 aliphatic rings. The van der Waals surface area contributed by atoms with Crippen LogP contribution in [0.25, 0.3) is 0 Å². The first kappa shape index (κ1) is 23.7. The number of ether oxygens (including phenoxy) is 1. The van der Waals surface area contributed by atoms with E-state index in [4.69, 9.17) is 4.74 Å². The van der Waals surface area contributed by atoms with Crippen molar-refractivity contribution in [2.24, 2.45) is 4.99 Å². The van der Waals surface area contributed by atoms with Crippen LogP contribution in [0.1, 0.15) is 37.5 Å². The molecule has 0 aliphatic heterocycles. The number of nitrogens with one attached hydrogen (secondary N) is 3. The van der Waals surface area contributed by atoms with E-state index in [-0.39, 0.29) is 11.8 Å². The summed E-state index contributed by atoms with van der Waals surface area (Å²) in [5.74, 6) is 1.51. The van der Waals surface area contributed by atoms with E-state index in [1.165, 1.54) is 0 Å². The van der Waals surface area contributed by atoms with Gasteiger partial charge in [0.25, 0.3) is 0 Å². The van der Waals surface area contributed by atoms with Gasteiger partial charge in [-0.3, -0.25) is 4.99 Å². The largest absolute Gasteiger partial charge is 0.494 e. The number of rotatable bonds is 10. The highest BCUT2D eigenvalue weighted by Crippen LogP contribution is 2.17. The SMILES string of the molecule is CCOc1ccccc1CNC(=NC)NCc1ccc(CS(=O)(=O)NC(C)C)cc1. The van der Waals surface area contributed by atoms with E-state index in [1.807, 2.05) is 69.3 Å². The molecule has 30 heavy (non-hydrogen) atoms. The first-order valence-corrected chi connectivity index (χ1v) is 11.7. The van der Waals surface area contributed by atoms with Crippen LogP contribution in [-0.2, 0) is 28.9 Å². The molecule has 0 fully saturated rings. The maximum Gasteiger partial charge on any atom is 0.216 e. The van der Waals surface area contributed by atoms with Gasteiger partial charge >= 0.3 is 0 Å². The van der Waals surface area contributed by atoms with Crippen LogP contribution in [0.2, 0.25) is 0 Å². The van der Waals surface area contributed by atoms with Crippen molar-refractivity contribution in [3.8, 4) is 5.75 Å². The zero-order valence-corrected chi connectivity index (χ0v) is 18.9. The van der Waals surface area contributed by atoms with Crippen molar-refractivity contribution < 1.29 is 13.2 Å². The van der Waals surface area contributed by atoms with Crippen molar-refractivity contribution in [2.45, 2.75) is 45.7 Å². The van der Waals surface area contributed by atoms with Crippen LogP contribution in [0.3, 0.4) is 0 Å². The van der Waals surface area contributed by atoms with Gasteiger partial charge in [0, 0.05) is 31.7 Å². The van der Waals surface area contributed by atoms with Crippen molar-refractivity contribution in [3.63, 3.8) is 0 Å². The van der Waals surface area contributed by atoms with Gasteiger partial charge in [0.2, 0.25) is 10.0 Å². The first-order valence-electron chi connectivity index (χ1n) is 10.1. The van der Waals surface area contributed by atoms with Crippen molar-refractivity contribution in [1.82, 2.24) is 15.4 Å². The molecule has 0 radical (unpaired) electrons. The van der Waals surface area contributed by atoms with E-state index in [1.54, 1.807) is 7.05 Å². The van der Waals surface area contributed by atoms with Crippen LogP contribution < -0.4 is 20.1 Å². The van der Waals surface area contributed by atoms with E-state index >= 15 is 0 Å². The van der Waals surface area contributed by atoms with E-state index in [0.717, 1.165) is 22.4 Å². The summed E-state index contributed by atoms with van der Waals surface area (Å²) >= 11 is 0. The molecule has 3 N–H and O–H groups in total. The van der Waals surface area contributed by atoms with Gasteiger partial charge in [-0.05, 0) is 38.0 Å². The second-order valence-electron chi connectivity index (χ2n) is 7.17. The van der Waals surface area contributed by atoms with Crippen LogP contribution in [0.5, 0.6) is 5.75 Å². The van der Waals surface area contributed by atoms with Crippen LogP contribution in [0.4, 0.5) is 0 Å². The lowest BCUT2D eigenvalue weighted by Crippen LogP contribution is -2.36. The fraction of sp³-hybridized carbons (Fsp3) is 0.409. The highest BCUT2D eigenvalue weighted by Gasteiger charge is 2.12. The molecular formula is C22H32N4O3S. The Balaban J connectivity index is 1.88. The van der Waals surface area contributed by atoms with Crippen LogP contribution in [-0.4, -0.2) is 34.1 Å². The summed E-state index contributed by atoms with van der Waals surface area (Å²) in [6, 6.07) is 15.3. The Bertz CT molecular complexity index is 926. The van der Waals surface area contributed by atoms with Crippen molar-refractivity contribution in [2.75, 3.05) is 13.7 Å². The van der Waals surface area contributed by atoms with Gasteiger partial charge in [-0.15, -0.1) is 0 Å². The highest BCUT2D eigenvalue weighted by molar-refractivity contribution is 7.88. The van der Waals surface area contributed by atoms with Crippen molar-refractivity contribution >= 4 is 16.0 Å². The number of nitrogens with zero attached hydrogens (tertiary/aromatic N) is 1. The number of hydrogen-bond donors (Lipinski definition) is 3.